The van der Waals surface area contributed by atoms with Crippen molar-refractivity contribution in [3.05, 3.63) is 42.2 Å². The molecule has 106 valence electrons. The van der Waals surface area contributed by atoms with E-state index in [2.05, 4.69) is 11.7 Å². The highest BCUT2D eigenvalue weighted by Gasteiger charge is 2.20. The van der Waals surface area contributed by atoms with Crippen LogP contribution in [0.15, 0.2) is 30.5 Å². The van der Waals surface area contributed by atoms with Crippen molar-refractivity contribution in [1.29, 1.82) is 0 Å². The Hall–Kier alpha value is -1.58. The first-order chi connectivity index (χ1) is 9.17. The van der Waals surface area contributed by atoms with Crippen molar-refractivity contribution in [2.45, 2.75) is 38.7 Å². The minimum absolute atomic E-state index is 0.0321. The predicted octanol–water partition coefficient (Wildman–Crippen LogP) is 4.45. The van der Waals surface area contributed by atoms with Gasteiger partial charge in [0, 0.05) is 6.07 Å². The van der Waals surface area contributed by atoms with E-state index in [-0.39, 0.29) is 11.9 Å². The van der Waals surface area contributed by atoms with Crippen LogP contribution in [0.5, 0.6) is 5.75 Å². The highest BCUT2D eigenvalue weighted by Crippen LogP contribution is 2.27. The Morgan fingerprint density at radius 1 is 1.32 bits per heavy atom. The number of rotatable bonds is 4. The number of benzene rings is 1. The fourth-order valence-electron chi connectivity index (χ4n) is 1.43. The van der Waals surface area contributed by atoms with Gasteiger partial charge in [0.25, 0.3) is 0 Å². The average Bonchev–Trinajstić information content (AvgIpc) is 2.36. The van der Waals surface area contributed by atoms with Gasteiger partial charge in [0.15, 0.2) is 11.6 Å². The van der Waals surface area contributed by atoms with Gasteiger partial charge in [-0.05, 0) is 37.8 Å². The Labute approximate surface area is 113 Å². The molecule has 1 fully saturated rings. The van der Waals surface area contributed by atoms with Gasteiger partial charge in [0.05, 0.1) is 19.5 Å². The van der Waals surface area contributed by atoms with Crippen LogP contribution < -0.4 is 4.74 Å². The van der Waals surface area contributed by atoms with E-state index in [0.29, 0.717) is 0 Å². The van der Waals surface area contributed by atoms with Gasteiger partial charge < -0.3 is 9.47 Å². The van der Waals surface area contributed by atoms with E-state index < -0.39 is 11.6 Å². The van der Waals surface area contributed by atoms with Crippen LogP contribution in [0.3, 0.4) is 0 Å². The summed E-state index contributed by atoms with van der Waals surface area (Å²) < 4.78 is 35.5. The zero-order chi connectivity index (χ0) is 14.1. The first kappa shape index (κ1) is 15.5. The normalized spacial score (nSPS) is 14.5. The first-order valence-corrected chi connectivity index (χ1v) is 6.46. The summed E-state index contributed by atoms with van der Waals surface area (Å²) in [5.74, 6) is -0.922. The molecule has 0 amide bonds. The maximum Gasteiger partial charge on any atom is 0.165 e. The molecule has 0 bridgehead atoms. The first-order valence-electron chi connectivity index (χ1n) is 6.46. The molecule has 19 heavy (non-hydrogen) atoms. The summed E-state index contributed by atoms with van der Waals surface area (Å²) in [7, 11) is 1.64. The second-order valence-electron chi connectivity index (χ2n) is 4.26. The maximum atomic E-state index is 13.0. The largest absolute Gasteiger partial charge is 0.505 e. The molecule has 0 saturated heterocycles. The minimum Gasteiger partial charge on any atom is -0.505 e. The van der Waals surface area contributed by atoms with Crippen molar-refractivity contribution in [1.82, 2.24) is 0 Å². The van der Waals surface area contributed by atoms with Crippen LogP contribution in [0.25, 0.3) is 0 Å². The second-order valence-corrected chi connectivity index (χ2v) is 4.26. The van der Waals surface area contributed by atoms with Crippen molar-refractivity contribution in [3.8, 4) is 5.75 Å². The van der Waals surface area contributed by atoms with E-state index in [1.807, 2.05) is 6.08 Å². The Balaban J connectivity index is 0.000000258. The van der Waals surface area contributed by atoms with Crippen LogP contribution in [0.4, 0.5) is 8.78 Å². The van der Waals surface area contributed by atoms with Crippen LogP contribution in [0.1, 0.15) is 32.6 Å². The quantitative estimate of drug-likeness (QED) is 0.752. The molecule has 0 heterocycles. The van der Waals surface area contributed by atoms with Crippen molar-refractivity contribution >= 4 is 0 Å². The van der Waals surface area contributed by atoms with Gasteiger partial charge in [0.2, 0.25) is 0 Å². The molecule has 0 aromatic heterocycles. The molecule has 0 spiro atoms. The molecule has 0 unspecified atom stereocenters. The van der Waals surface area contributed by atoms with Crippen LogP contribution >= 0.6 is 0 Å². The number of hydrogen-bond acceptors (Lipinski definition) is 2. The number of ether oxygens (including phenoxy) is 2. The topological polar surface area (TPSA) is 18.5 Å². The lowest BCUT2D eigenvalue weighted by Crippen LogP contribution is -2.25. The Kier molecular flexibility index (Phi) is 6.93. The molecule has 2 nitrogen and oxygen atoms in total. The van der Waals surface area contributed by atoms with Gasteiger partial charge in [0.1, 0.15) is 5.82 Å². The van der Waals surface area contributed by atoms with E-state index in [1.54, 1.807) is 13.4 Å². The highest BCUT2D eigenvalue weighted by atomic mass is 19.1. The van der Waals surface area contributed by atoms with Crippen LogP contribution in [-0.2, 0) is 4.74 Å². The monoisotopic (exact) mass is 270 g/mol. The van der Waals surface area contributed by atoms with Gasteiger partial charge in [-0.25, -0.2) is 8.78 Å². The van der Waals surface area contributed by atoms with Crippen molar-refractivity contribution in [3.63, 3.8) is 0 Å². The summed E-state index contributed by atoms with van der Waals surface area (Å²) in [4.78, 5) is 0. The molecule has 1 aromatic carbocycles. The molecule has 0 atom stereocenters. The summed E-state index contributed by atoms with van der Waals surface area (Å²) in [6.07, 6.45) is 7.76. The number of hydrogen-bond donors (Lipinski definition) is 0. The van der Waals surface area contributed by atoms with Gasteiger partial charge in [-0.15, -0.1) is 0 Å². The third kappa shape index (κ3) is 5.73. The average molecular weight is 270 g/mol. The smallest absolute Gasteiger partial charge is 0.165 e. The molecular weight excluding hydrogens is 250 g/mol. The molecule has 0 aliphatic heterocycles. The Morgan fingerprint density at radius 3 is 2.53 bits per heavy atom. The zero-order valence-electron chi connectivity index (χ0n) is 11.4. The van der Waals surface area contributed by atoms with E-state index in [4.69, 9.17) is 4.74 Å². The molecule has 0 N–H and O–H groups in total. The predicted molar refractivity (Wildman–Crippen MR) is 71.1 cm³/mol. The molecule has 1 saturated carbocycles. The number of allylic oxidation sites excluding steroid dienone is 1. The zero-order valence-corrected chi connectivity index (χ0v) is 11.4. The van der Waals surface area contributed by atoms with Crippen LogP contribution in [-0.4, -0.2) is 13.2 Å². The molecule has 4 heteroatoms. The van der Waals surface area contributed by atoms with Crippen molar-refractivity contribution < 1.29 is 18.3 Å². The lowest BCUT2D eigenvalue weighted by molar-refractivity contribution is 0.114. The molecule has 1 aromatic rings. The van der Waals surface area contributed by atoms with Gasteiger partial charge in [-0.2, -0.15) is 0 Å². The van der Waals surface area contributed by atoms with Crippen molar-refractivity contribution in [2.75, 3.05) is 7.11 Å². The third-order valence-corrected chi connectivity index (χ3v) is 2.71. The van der Waals surface area contributed by atoms with E-state index >= 15 is 0 Å². The summed E-state index contributed by atoms with van der Waals surface area (Å²) in [6, 6.07) is 3.26. The van der Waals surface area contributed by atoms with Crippen LogP contribution in [0, 0.1) is 11.6 Å². The SMILES string of the molecule is CC/C=C/OC.Fc1ccc(F)c(OC2CCC2)c1. The second kappa shape index (κ2) is 8.51. The van der Waals surface area contributed by atoms with Gasteiger partial charge in [-0.3, -0.25) is 0 Å². The highest BCUT2D eigenvalue weighted by molar-refractivity contribution is 5.25. The van der Waals surface area contributed by atoms with Gasteiger partial charge >= 0.3 is 0 Å². The third-order valence-electron chi connectivity index (χ3n) is 2.71. The lowest BCUT2D eigenvalue weighted by Gasteiger charge is -2.26. The summed E-state index contributed by atoms with van der Waals surface area (Å²) >= 11 is 0. The van der Waals surface area contributed by atoms with Crippen LogP contribution in [0.2, 0.25) is 0 Å². The standard InChI is InChI=1S/C10H10F2O.C5H10O/c11-7-4-5-9(12)10(6-7)13-8-2-1-3-8;1-3-4-5-6-2/h4-6,8H,1-3H2;4-5H,3H2,1-2H3/b;5-4+. The van der Waals surface area contributed by atoms with E-state index in [9.17, 15) is 8.78 Å². The molecule has 2 rings (SSSR count). The van der Waals surface area contributed by atoms with E-state index in [1.165, 1.54) is 0 Å². The molecule has 0 radical (unpaired) electrons. The summed E-state index contributed by atoms with van der Waals surface area (Å²) in [5.41, 5.74) is 0. The number of halogens is 2. The Morgan fingerprint density at radius 2 is 2.05 bits per heavy atom. The Bertz CT molecular complexity index is 395. The molecule has 1 aliphatic carbocycles. The maximum absolute atomic E-state index is 13.0. The van der Waals surface area contributed by atoms with Crippen molar-refractivity contribution in [2.24, 2.45) is 0 Å². The molecular formula is C15H20F2O2. The molecule has 1 aliphatic rings. The van der Waals surface area contributed by atoms with E-state index in [0.717, 1.165) is 43.9 Å². The summed E-state index contributed by atoms with van der Waals surface area (Å²) in [5, 5.41) is 0. The lowest BCUT2D eigenvalue weighted by atomic mass is 9.96. The number of methoxy groups -OCH3 is 1. The van der Waals surface area contributed by atoms with Gasteiger partial charge in [-0.1, -0.05) is 13.0 Å². The fraction of sp³-hybridized carbons (Fsp3) is 0.467. The fourth-order valence-corrected chi connectivity index (χ4v) is 1.43. The minimum atomic E-state index is -0.492. The summed E-state index contributed by atoms with van der Waals surface area (Å²) in [6.45, 7) is 2.06.